The lowest BCUT2D eigenvalue weighted by atomic mass is 9.92. The zero-order valence-electron chi connectivity index (χ0n) is 16.1. The standard InChI is InChI=1S/C16H24ClFN6O3S/c1-9(16(2,3)25)14-21-13(17)12-7-19-15(22-24(12)14)20-11-5-6-23(8-10(11)18)28(4,26)27/h7,9-11,25H,5-6,8H2,1-4H3,(H,20,22)/t9?,10-,11+/m1/s1. The molecule has 1 aliphatic rings. The number of anilines is 1. The highest BCUT2D eigenvalue weighted by atomic mass is 35.5. The summed E-state index contributed by atoms with van der Waals surface area (Å²) in [4.78, 5) is 8.46. The third-order valence-electron chi connectivity index (χ3n) is 5.11. The molecule has 12 heteroatoms. The van der Waals surface area contributed by atoms with E-state index in [1.807, 2.05) is 0 Å². The molecule has 0 aromatic carbocycles. The second-order valence-corrected chi connectivity index (χ2v) is 10.0. The van der Waals surface area contributed by atoms with Gasteiger partial charge in [0, 0.05) is 19.0 Å². The second-order valence-electron chi connectivity index (χ2n) is 7.69. The average Bonchev–Trinajstić information content (AvgIpc) is 2.90. The van der Waals surface area contributed by atoms with Crippen molar-refractivity contribution in [3.8, 4) is 0 Å². The number of rotatable bonds is 5. The first kappa shape index (κ1) is 21.2. The summed E-state index contributed by atoms with van der Waals surface area (Å²) in [5.41, 5.74) is -0.576. The van der Waals surface area contributed by atoms with Gasteiger partial charge in [-0.3, -0.25) is 0 Å². The predicted octanol–water partition coefficient (Wildman–Crippen LogP) is 1.44. The molecule has 156 valence electrons. The number of hydrogen-bond donors (Lipinski definition) is 2. The third-order valence-corrected chi connectivity index (χ3v) is 6.66. The number of alkyl halides is 1. The molecule has 2 aromatic heterocycles. The molecule has 3 atom stereocenters. The van der Waals surface area contributed by atoms with Gasteiger partial charge in [-0.1, -0.05) is 18.5 Å². The van der Waals surface area contributed by atoms with Crippen molar-refractivity contribution in [2.45, 2.75) is 50.9 Å². The number of imidazole rings is 1. The molecule has 2 aromatic rings. The van der Waals surface area contributed by atoms with Crippen molar-refractivity contribution in [1.82, 2.24) is 23.9 Å². The van der Waals surface area contributed by atoms with E-state index in [-0.39, 0.29) is 36.5 Å². The summed E-state index contributed by atoms with van der Waals surface area (Å²) in [5, 5.41) is 17.8. The molecule has 2 N–H and O–H groups in total. The number of nitrogens with zero attached hydrogens (tertiary/aromatic N) is 5. The number of nitrogens with one attached hydrogen (secondary N) is 1. The fourth-order valence-electron chi connectivity index (χ4n) is 3.04. The molecule has 3 heterocycles. The smallest absolute Gasteiger partial charge is 0.241 e. The first-order chi connectivity index (χ1) is 12.9. The topological polar surface area (TPSA) is 113 Å². The van der Waals surface area contributed by atoms with Crippen molar-refractivity contribution in [3.63, 3.8) is 0 Å². The summed E-state index contributed by atoms with van der Waals surface area (Å²) in [5.74, 6) is 0.259. The Kier molecular flexibility index (Phi) is 5.56. The van der Waals surface area contributed by atoms with Crippen LogP contribution in [0.4, 0.5) is 10.3 Å². The molecule has 1 saturated heterocycles. The van der Waals surface area contributed by atoms with E-state index < -0.39 is 27.8 Å². The van der Waals surface area contributed by atoms with Crippen LogP contribution in [-0.4, -0.2) is 74.6 Å². The van der Waals surface area contributed by atoms with E-state index in [1.54, 1.807) is 20.8 Å². The van der Waals surface area contributed by atoms with Crippen LogP contribution in [0.1, 0.15) is 38.9 Å². The van der Waals surface area contributed by atoms with Crippen LogP contribution < -0.4 is 5.32 Å². The van der Waals surface area contributed by atoms with Crippen LogP contribution in [0, 0.1) is 0 Å². The maximum Gasteiger partial charge on any atom is 0.241 e. The molecule has 0 bridgehead atoms. The van der Waals surface area contributed by atoms with Crippen LogP contribution in [0.15, 0.2) is 6.20 Å². The van der Waals surface area contributed by atoms with Crippen LogP contribution in [-0.2, 0) is 10.0 Å². The zero-order chi connectivity index (χ0) is 20.9. The SMILES string of the molecule is CC(c1nc(Cl)c2cnc(N[C@H]3CCN(S(C)(=O)=O)C[C@H]3F)nn12)C(C)(C)O. The second kappa shape index (κ2) is 7.36. The van der Waals surface area contributed by atoms with Crippen molar-refractivity contribution < 1.29 is 17.9 Å². The van der Waals surface area contributed by atoms with E-state index in [0.29, 0.717) is 11.3 Å². The average molecular weight is 435 g/mol. The lowest BCUT2D eigenvalue weighted by molar-refractivity contribution is 0.0525. The Morgan fingerprint density at radius 1 is 1.46 bits per heavy atom. The minimum atomic E-state index is -3.43. The van der Waals surface area contributed by atoms with E-state index in [1.165, 1.54) is 10.7 Å². The van der Waals surface area contributed by atoms with Crippen molar-refractivity contribution in [1.29, 1.82) is 0 Å². The Hall–Kier alpha value is -1.56. The van der Waals surface area contributed by atoms with Crippen molar-refractivity contribution in [2.75, 3.05) is 24.7 Å². The molecule has 3 rings (SSSR count). The van der Waals surface area contributed by atoms with Gasteiger partial charge in [0.05, 0.1) is 24.1 Å². The van der Waals surface area contributed by atoms with Gasteiger partial charge < -0.3 is 10.4 Å². The van der Waals surface area contributed by atoms with E-state index in [9.17, 15) is 17.9 Å². The first-order valence-corrected chi connectivity index (χ1v) is 11.1. The van der Waals surface area contributed by atoms with Gasteiger partial charge in [-0.15, -0.1) is 5.10 Å². The molecular weight excluding hydrogens is 411 g/mol. The highest BCUT2D eigenvalue weighted by Crippen LogP contribution is 2.30. The van der Waals surface area contributed by atoms with Crippen LogP contribution in [0.25, 0.3) is 5.52 Å². The first-order valence-electron chi connectivity index (χ1n) is 8.87. The molecule has 0 spiro atoms. The number of halogens is 2. The Bertz CT molecular complexity index is 977. The third kappa shape index (κ3) is 4.22. The summed E-state index contributed by atoms with van der Waals surface area (Å²) >= 11 is 6.16. The largest absolute Gasteiger partial charge is 0.390 e. The van der Waals surface area contributed by atoms with Crippen molar-refractivity contribution >= 4 is 33.1 Å². The predicted molar refractivity (Wildman–Crippen MR) is 104 cm³/mol. The van der Waals surface area contributed by atoms with Crippen molar-refractivity contribution in [2.24, 2.45) is 0 Å². The summed E-state index contributed by atoms with van der Waals surface area (Å²) in [6.45, 7) is 5.14. The van der Waals surface area contributed by atoms with Gasteiger partial charge in [0.2, 0.25) is 16.0 Å². The number of fused-ring (bicyclic) bond motifs is 1. The molecule has 1 aliphatic heterocycles. The monoisotopic (exact) mass is 434 g/mol. The van der Waals surface area contributed by atoms with Gasteiger partial charge in [-0.05, 0) is 20.3 Å². The maximum atomic E-state index is 14.5. The highest BCUT2D eigenvalue weighted by Gasteiger charge is 2.34. The summed E-state index contributed by atoms with van der Waals surface area (Å²) in [6.07, 6.45) is 1.43. The summed E-state index contributed by atoms with van der Waals surface area (Å²) in [7, 11) is -3.43. The van der Waals surface area contributed by atoms with Gasteiger partial charge in [0.15, 0.2) is 5.15 Å². The van der Waals surface area contributed by atoms with Crippen LogP contribution in [0.3, 0.4) is 0 Å². The number of sulfonamides is 1. The van der Waals surface area contributed by atoms with Gasteiger partial charge >= 0.3 is 0 Å². The molecule has 0 radical (unpaired) electrons. The molecular formula is C16H24ClFN6O3S. The Labute approximate surface area is 168 Å². The highest BCUT2D eigenvalue weighted by molar-refractivity contribution is 7.88. The summed E-state index contributed by atoms with van der Waals surface area (Å²) < 4.78 is 40.3. The van der Waals surface area contributed by atoms with Crippen LogP contribution >= 0.6 is 11.6 Å². The zero-order valence-corrected chi connectivity index (χ0v) is 17.7. The number of aromatic nitrogens is 4. The molecule has 1 unspecified atom stereocenters. The molecule has 1 fully saturated rings. The fourth-order valence-corrected chi connectivity index (χ4v) is 4.11. The van der Waals surface area contributed by atoms with E-state index in [0.717, 1.165) is 10.6 Å². The minimum absolute atomic E-state index is 0.172. The normalized spacial score (nSPS) is 23.1. The van der Waals surface area contributed by atoms with Crippen molar-refractivity contribution in [3.05, 3.63) is 17.2 Å². The van der Waals surface area contributed by atoms with Gasteiger partial charge in [-0.25, -0.2) is 27.3 Å². The van der Waals surface area contributed by atoms with E-state index in [4.69, 9.17) is 11.6 Å². The Morgan fingerprint density at radius 3 is 2.71 bits per heavy atom. The maximum absolute atomic E-state index is 14.5. The molecule has 9 nitrogen and oxygen atoms in total. The Balaban J connectivity index is 1.85. The number of aliphatic hydroxyl groups is 1. The fraction of sp³-hybridized carbons (Fsp3) is 0.688. The quantitative estimate of drug-likeness (QED) is 0.731. The minimum Gasteiger partial charge on any atom is -0.390 e. The molecule has 0 amide bonds. The molecule has 0 aliphatic carbocycles. The molecule has 28 heavy (non-hydrogen) atoms. The van der Waals surface area contributed by atoms with Gasteiger partial charge in [-0.2, -0.15) is 4.31 Å². The van der Waals surface area contributed by atoms with E-state index in [2.05, 4.69) is 20.4 Å². The lowest BCUT2D eigenvalue weighted by Gasteiger charge is -2.33. The van der Waals surface area contributed by atoms with Gasteiger partial charge in [0.25, 0.3) is 0 Å². The van der Waals surface area contributed by atoms with Crippen LogP contribution in [0.5, 0.6) is 0 Å². The van der Waals surface area contributed by atoms with E-state index >= 15 is 0 Å². The van der Waals surface area contributed by atoms with Crippen LogP contribution in [0.2, 0.25) is 5.15 Å². The number of hydrogen-bond acceptors (Lipinski definition) is 7. The molecule has 0 saturated carbocycles. The Morgan fingerprint density at radius 2 is 2.14 bits per heavy atom. The van der Waals surface area contributed by atoms with Gasteiger partial charge in [0.1, 0.15) is 17.5 Å². The lowest BCUT2D eigenvalue weighted by Crippen LogP contribution is -2.49. The number of piperidine rings is 1. The summed E-state index contributed by atoms with van der Waals surface area (Å²) in [6, 6.07) is -0.621.